The molecule has 0 saturated heterocycles. The Kier molecular flexibility index (Phi) is 6.44. The molecule has 0 fully saturated rings. The first kappa shape index (κ1) is 13.5. The number of allylic oxidation sites excluding steroid dienone is 2. The van der Waals surface area contributed by atoms with Gasteiger partial charge in [0.25, 0.3) is 0 Å². The summed E-state index contributed by atoms with van der Waals surface area (Å²) in [5, 5.41) is 0. The van der Waals surface area contributed by atoms with Crippen LogP contribution in [0.2, 0.25) is 0 Å². The van der Waals surface area contributed by atoms with Gasteiger partial charge in [0.1, 0.15) is 5.78 Å². The zero-order valence-corrected chi connectivity index (χ0v) is 10.9. The summed E-state index contributed by atoms with van der Waals surface area (Å²) < 4.78 is 0. The van der Waals surface area contributed by atoms with E-state index >= 15 is 0 Å². The quantitative estimate of drug-likeness (QED) is 0.431. The van der Waals surface area contributed by atoms with Gasteiger partial charge in [0.2, 0.25) is 0 Å². The van der Waals surface area contributed by atoms with Crippen LogP contribution in [0.15, 0.2) is 11.6 Å². The fourth-order valence-corrected chi connectivity index (χ4v) is 2.52. The van der Waals surface area contributed by atoms with E-state index in [-0.39, 0.29) is 0 Å². The minimum absolute atomic E-state index is 0.295. The first-order valence-corrected chi connectivity index (χ1v) is 7.01. The van der Waals surface area contributed by atoms with Crippen LogP contribution in [0, 0.1) is 5.92 Å². The number of carbonyl (C=O) groups is 1. The predicted octanol–water partition coefficient (Wildman–Crippen LogP) is 4.66. The molecule has 0 saturated carbocycles. The van der Waals surface area contributed by atoms with E-state index in [1.54, 1.807) is 0 Å². The van der Waals surface area contributed by atoms with Gasteiger partial charge in [-0.25, -0.2) is 0 Å². The topological polar surface area (TPSA) is 17.1 Å². The van der Waals surface area contributed by atoms with Crippen molar-refractivity contribution in [3.63, 3.8) is 0 Å². The molecule has 0 aromatic heterocycles. The highest BCUT2D eigenvalue weighted by Gasteiger charge is 2.25. The standard InChI is InChI=1S/C15H26O/c1-3-5-7-9-13-11-12-15(16)14(13)10-8-6-4-2/h11,14H,3-10,12H2,1-2H3. The van der Waals surface area contributed by atoms with Crippen molar-refractivity contribution < 1.29 is 4.79 Å². The van der Waals surface area contributed by atoms with Crippen molar-refractivity contribution in [1.29, 1.82) is 0 Å². The summed E-state index contributed by atoms with van der Waals surface area (Å²) in [6.07, 6.45) is 12.7. The van der Waals surface area contributed by atoms with Crippen LogP contribution in [0.4, 0.5) is 0 Å². The van der Waals surface area contributed by atoms with E-state index in [2.05, 4.69) is 19.9 Å². The van der Waals surface area contributed by atoms with E-state index in [0.29, 0.717) is 18.1 Å². The molecule has 16 heavy (non-hydrogen) atoms. The van der Waals surface area contributed by atoms with Crippen LogP contribution >= 0.6 is 0 Å². The van der Waals surface area contributed by atoms with Crippen molar-refractivity contribution in [2.45, 2.75) is 71.6 Å². The molecule has 1 atom stereocenters. The van der Waals surface area contributed by atoms with E-state index < -0.39 is 0 Å². The number of Topliss-reactive ketones (excluding diaryl/α,β-unsaturated/α-hetero) is 1. The van der Waals surface area contributed by atoms with Crippen molar-refractivity contribution in [2.24, 2.45) is 5.92 Å². The Morgan fingerprint density at radius 3 is 2.50 bits per heavy atom. The summed E-state index contributed by atoms with van der Waals surface area (Å²) in [4.78, 5) is 11.8. The molecule has 0 aromatic carbocycles. The maximum atomic E-state index is 11.8. The van der Waals surface area contributed by atoms with Crippen LogP contribution in [0.5, 0.6) is 0 Å². The maximum Gasteiger partial charge on any atom is 0.143 e. The van der Waals surface area contributed by atoms with Gasteiger partial charge in [-0.15, -0.1) is 0 Å². The van der Waals surface area contributed by atoms with Crippen LogP contribution in [-0.2, 0) is 4.79 Å². The van der Waals surface area contributed by atoms with Gasteiger partial charge in [0.15, 0.2) is 0 Å². The summed E-state index contributed by atoms with van der Waals surface area (Å²) in [5.74, 6) is 0.769. The average molecular weight is 222 g/mol. The fraction of sp³-hybridized carbons (Fsp3) is 0.800. The van der Waals surface area contributed by atoms with Gasteiger partial charge >= 0.3 is 0 Å². The Morgan fingerprint density at radius 2 is 1.81 bits per heavy atom. The van der Waals surface area contributed by atoms with E-state index in [0.717, 1.165) is 12.8 Å². The van der Waals surface area contributed by atoms with Crippen molar-refractivity contribution in [1.82, 2.24) is 0 Å². The van der Waals surface area contributed by atoms with Crippen LogP contribution in [0.3, 0.4) is 0 Å². The third-order valence-corrected chi connectivity index (χ3v) is 3.57. The highest BCUT2D eigenvalue weighted by molar-refractivity contribution is 5.88. The van der Waals surface area contributed by atoms with Crippen LogP contribution in [0.1, 0.15) is 71.6 Å². The van der Waals surface area contributed by atoms with Gasteiger partial charge in [-0.1, -0.05) is 57.6 Å². The Bertz CT molecular complexity index is 240. The fourth-order valence-electron chi connectivity index (χ4n) is 2.52. The molecule has 1 rings (SSSR count). The maximum absolute atomic E-state index is 11.8. The van der Waals surface area contributed by atoms with Gasteiger partial charge in [0.05, 0.1) is 0 Å². The normalized spacial score (nSPS) is 20.2. The van der Waals surface area contributed by atoms with Crippen molar-refractivity contribution in [2.75, 3.05) is 0 Å². The molecular weight excluding hydrogens is 196 g/mol. The zero-order valence-electron chi connectivity index (χ0n) is 10.9. The Labute approximate surface area is 100 Å². The molecule has 0 N–H and O–H groups in total. The number of ketones is 1. The first-order chi connectivity index (χ1) is 7.79. The molecule has 0 radical (unpaired) electrons. The Hall–Kier alpha value is -0.590. The molecule has 0 spiro atoms. The number of hydrogen-bond donors (Lipinski definition) is 0. The molecule has 0 aromatic rings. The summed E-state index contributed by atoms with van der Waals surface area (Å²) in [7, 11) is 0. The molecule has 92 valence electrons. The number of hydrogen-bond acceptors (Lipinski definition) is 1. The highest BCUT2D eigenvalue weighted by Crippen LogP contribution is 2.31. The van der Waals surface area contributed by atoms with Gasteiger partial charge in [-0.2, -0.15) is 0 Å². The second-order valence-electron chi connectivity index (χ2n) is 4.95. The molecule has 1 heteroatoms. The first-order valence-electron chi connectivity index (χ1n) is 7.01. The van der Waals surface area contributed by atoms with E-state index in [4.69, 9.17) is 0 Å². The van der Waals surface area contributed by atoms with Crippen LogP contribution in [0.25, 0.3) is 0 Å². The van der Waals surface area contributed by atoms with Crippen molar-refractivity contribution in [3.05, 3.63) is 11.6 Å². The van der Waals surface area contributed by atoms with Gasteiger partial charge in [0, 0.05) is 12.3 Å². The lowest BCUT2D eigenvalue weighted by Crippen LogP contribution is -2.10. The summed E-state index contributed by atoms with van der Waals surface area (Å²) in [6, 6.07) is 0. The molecule has 1 nitrogen and oxygen atoms in total. The average Bonchev–Trinajstić information content (AvgIpc) is 2.62. The summed E-state index contributed by atoms with van der Waals surface area (Å²) >= 11 is 0. The Morgan fingerprint density at radius 1 is 1.12 bits per heavy atom. The van der Waals surface area contributed by atoms with E-state index in [9.17, 15) is 4.79 Å². The molecule has 1 unspecified atom stereocenters. The molecule has 0 heterocycles. The molecule has 0 aliphatic heterocycles. The second kappa shape index (κ2) is 7.65. The molecule has 0 amide bonds. The molecular formula is C15H26O. The number of rotatable bonds is 8. The van der Waals surface area contributed by atoms with E-state index in [1.807, 2.05) is 0 Å². The highest BCUT2D eigenvalue weighted by atomic mass is 16.1. The second-order valence-corrected chi connectivity index (χ2v) is 4.95. The minimum atomic E-state index is 0.295. The molecule has 1 aliphatic rings. The summed E-state index contributed by atoms with van der Waals surface area (Å²) in [5.41, 5.74) is 1.45. The van der Waals surface area contributed by atoms with E-state index in [1.165, 1.54) is 44.1 Å². The number of carbonyl (C=O) groups excluding carboxylic acids is 1. The molecule has 1 aliphatic carbocycles. The predicted molar refractivity (Wildman–Crippen MR) is 69.5 cm³/mol. The van der Waals surface area contributed by atoms with Crippen molar-refractivity contribution >= 4 is 5.78 Å². The van der Waals surface area contributed by atoms with Gasteiger partial charge in [-0.05, 0) is 19.3 Å². The smallest absolute Gasteiger partial charge is 0.143 e. The summed E-state index contributed by atoms with van der Waals surface area (Å²) in [6.45, 7) is 4.45. The van der Waals surface area contributed by atoms with Crippen LogP contribution < -0.4 is 0 Å². The van der Waals surface area contributed by atoms with Gasteiger partial charge < -0.3 is 0 Å². The third kappa shape index (κ3) is 4.11. The third-order valence-electron chi connectivity index (χ3n) is 3.57. The minimum Gasteiger partial charge on any atom is -0.299 e. The lowest BCUT2D eigenvalue weighted by atomic mass is 9.91. The Balaban J connectivity index is 2.33. The lowest BCUT2D eigenvalue weighted by Gasteiger charge is -2.13. The monoisotopic (exact) mass is 222 g/mol. The van der Waals surface area contributed by atoms with Crippen LogP contribution in [-0.4, -0.2) is 5.78 Å². The lowest BCUT2D eigenvalue weighted by molar-refractivity contribution is -0.120. The molecule has 0 bridgehead atoms. The van der Waals surface area contributed by atoms with Gasteiger partial charge in [-0.3, -0.25) is 4.79 Å². The van der Waals surface area contributed by atoms with Crippen molar-refractivity contribution in [3.8, 4) is 0 Å². The number of unbranched alkanes of at least 4 members (excludes halogenated alkanes) is 4. The zero-order chi connectivity index (χ0) is 11.8. The largest absolute Gasteiger partial charge is 0.299 e. The SMILES string of the molecule is CCCCCC1=CCC(=O)C1CCCCC.